The number of rotatable bonds is 6. The van der Waals surface area contributed by atoms with Gasteiger partial charge in [0.15, 0.2) is 0 Å². The molecule has 2 aromatic rings. The van der Waals surface area contributed by atoms with Gasteiger partial charge in [0.05, 0.1) is 17.3 Å². The van der Waals surface area contributed by atoms with Crippen LogP contribution in [-0.4, -0.2) is 13.6 Å². The monoisotopic (exact) mass is 294 g/mol. The summed E-state index contributed by atoms with van der Waals surface area (Å²) in [5, 5.41) is 6.28. The lowest BCUT2D eigenvalue weighted by atomic mass is 10.1. The van der Waals surface area contributed by atoms with Gasteiger partial charge in [-0.25, -0.2) is 0 Å². The molecule has 19 heavy (non-hydrogen) atoms. The second-order valence-corrected chi connectivity index (χ2v) is 5.90. The molecule has 0 spiro atoms. The first-order chi connectivity index (χ1) is 9.22. The summed E-state index contributed by atoms with van der Waals surface area (Å²) in [6.07, 6.45) is 0. The third-order valence-electron chi connectivity index (χ3n) is 2.99. The van der Waals surface area contributed by atoms with Crippen LogP contribution < -0.4 is 10.2 Å². The van der Waals surface area contributed by atoms with E-state index in [0.717, 1.165) is 30.3 Å². The van der Waals surface area contributed by atoms with Crippen LogP contribution in [0.4, 0.5) is 5.69 Å². The molecule has 0 amide bonds. The summed E-state index contributed by atoms with van der Waals surface area (Å²) in [6.45, 7) is 4.81. The van der Waals surface area contributed by atoms with Crippen LogP contribution in [0.25, 0.3) is 0 Å². The van der Waals surface area contributed by atoms with Gasteiger partial charge < -0.3 is 10.2 Å². The molecular formula is C15H19ClN2S. The molecule has 4 heteroatoms. The molecule has 0 saturated carbocycles. The largest absolute Gasteiger partial charge is 0.368 e. The maximum atomic E-state index is 6.38. The van der Waals surface area contributed by atoms with Crippen molar-refractivity contribution in [2.24, 2.45) is 0 Å². The third-order valence-corrected chi connectivity index (χ3v) is 4.16. The Morgan fingerprint density at radius 2 is 2.11 bits per heavy atom. The molecule has 1 N–H and O–H groups in total. The van der Waals surface area contributed by atoms with Crippen LogP contribution in [0, 0.1) is 0 Å². The number of anilines is 1. The Bertz CT molecular complexity index is 511. The van der Waals surface area contributed by atoms with Crippen molar-refractivity contribution in [2.75, 3.05) is 18.5 Å². The lowest BCUT2D eigenvalue weighted by molar-refractivity contribution is 0.723. The maximum absolute atomic E-state index is 6.38. The number of hydrogen-bond acceptors (Lipinski definition) is 3. The first kappa shape index (κ1) is 14.4. The minimum Gasteiger partial charge on any atom is -0.368 e. The first-order valence-corrected chi connectivity index (χ1v) is 7.69. The molecule has 0 aliphatic heterocycles. The minimum atomic E-state index is 0.814. The Kier molecular flexibility index (Phi) is 5.25. The fraction of sp³-hybridized carbons (Fsp3) is 0.333. The number of thiophene rings is 1. The van der Waals surface area contributed by atoms with E-state index in [0.29, 0.717) is 0 Å². The fourth-order valence-corrected chi connectivity index (χ4v) is 3.20. The highest BCUT2D eigenvalue weighted by atomic mass is 35.5. The molecule has 2 rings (SSSR count). The number of benzene rings is 1. The second kappa shape index (κ2) is 6.94. The molecule has 0 atom stereocenters. The quantitative estimate of drug-likeness (QED) is 0.861. The van der Waals surface area contributed by atoms with E-state index in [1.54, 1.807) is 11.3 Å². The highest BCUT2D eigenvalue weighted by Crippen LogP contribution is 2.30. The van der Waals surface area contributed by atoms with Crippen LogP contribution in [-0.2, 0) is 13.1 Å². The summed E-state index contributed by atoms with van der Waals surface area (Å²) in [7, 11) is 2.09. The number of nitrogens with zero attached hydrogens (tertiary/aromatic N) is 1. The summed E-state index contributed by atoms with van der Waals surface area (Å²) in [6, 6.07) is 10.3. The number of halogens is 1. The predicted molar refractivity (Wildman–Crippen MR) is 85.3 cm³/mol. The molecule has 0 saturated heterocycles. The summed E-state index contributed by atoms with van der Waals surface area (Å²) in [5.74, 6) is 0. The smallest absolute Gasteiger partial charge is 0.0642 e. The lowest BCUT2D eigenvalue weighted by Crippen LogP contribution is -2.20. The Labute approximate surface area is 124 Å². The van der Waals surface area contributed by atoms with E-state index >= 15 is 0 Å². The fourth-order valence-electron chi connectivity index (χ4n) is 2.11. The van der Waals surface area contributed by atoms with Gasteiger partial charge in [0.25, 0.3) is 0 Å². The predicted octanol–water partition coefficient (Wildman–Crippen LogP) is 4.15. The van der Waals surface area contributed by atoms with E-state index in [2.05, 4.69) is 47.8 Å². The molecule has 0 aliphatic carbocycles. The highest BCUT2D eigenvalue weighted by molar-refractivity contribution is 7.09. The minimum absolute atomic E-state index is 0.814. The van der Waals surface area contributed by atoms with Crippen molar-refractivity contribution >= 4 is 28.6 Å². The van der Waals surface area contributed by atoms with Crippen molar-refractivity contribution < 1.29 is 0 Å². The molecule has 0 radical (unpaired) electrons. The van der Waals surface area contributed by atoms with E-state index in [4.69, 9.17) is 11.6 Å². The van der Waals surface area contributed by atoms with Crippen molar-refractivity contribution in [3.63, 3.8) is 0 Å². The average Bonchev–Trinajstić information content (AvgIpc) is 2.89. The van der Waals surface area contributed by atoms with E-state index < -0.39 is 0 Å². The van der Waals surface area contributed by atoms with Gasteiger partial charge in [-0.2, -0.15) is 0 Å². The SMILES string of the molecule is CCNCc1cccc(Cl)c1N(C)Cc1cccs1. The topological polar surface area (TPSA) is 15.3 Å². The third kappa shape index (κ3) is 3.72. The first-order valence-electron chi connectivity index (χ1n) is 6.44. The van der Waals surface area contributed by atoms with E-state index in [-0.39, 0.29) is 0 Å². The van der Waals surface area contributed by atoms with Crippen LogP contribution in [0.3, 0.4) is 0 Å². The molecule has 0 bridgehead atoms. The van der Waals surface area contributed by atoms with Crippen LogP contribution >= 0.6 is 22.9 Å². The van der Waals surface area contributed by atoms with Crippen LogP contribution in [0.5, 0.6) is 0 Å². The van der Waals surface area contributed by atoms with E-state index in [9.17, 15) is 0 Å². The summed E-state index contributed by atoms with van der Waals surface area (Å²) < 4.78 is 0. The normalized spacial score (nSPS) is 10.7. The zero-order valence-corrected chi connectivity index (χ0v) is 12.9. The number of hydrogen-bond donors (Lipinski definition) is 1. The van der Waals surface area contributed by atoms with Gasteiger partial charge in [-0.1, -0.05) is 36.7 Å². The molecule has 102 valence electrons. The maximum Gasteiger partial charge on any atom is 0.0642 e. The lowest BCUT2D eigenvalue weighted by Gasteiger charge is -2.23. The molecule has 0 aliphatic rings. The Morgan fingerprint density at radius 1 is 1.26 bits per heavy atom. The van der Waals surface area contributed by atoms with Gasteiger partial charge >= 0.3 is 0 Å². The van der Waals surface area contributed by atoms with Gasteiger partial charge in [0.1, 0.15) is 0 Å². The molecule has 1 aromatic heterocycles. The average molecular weight is 295 g/mol. The Hall–Kier alpha value is -1.03. The van der Waals surface area contributed by atoms with Crippen molar-refractivity contribution in [2.45, 2.75) is 20.0 Å². The molecular weight excluding hydrogens is 276 g/mol. The van der Waals surface area contributed by atoms with Crippen molar-refractivity contribution in [3.05, 3.63) is 51.2 Å². The second-order valence-electron chi connectivity index (χ2n) is 4.46. The summed E-state index contributed by atoms with van der Waals surface area (Å²) >= 11 is 8.15. The number of para-hydroxylation sites is 1. The van der Waals surface area contributed by atoms with Gasteiger partial charge in [0, 0.05) is 18.5 Å². The highest BCUT2D eigenvalue weighted by Gasteiger charge is 2.12. The van der Waals surface area contributed by atoms with Crippen molar-refractivity contribution in [3.8, 4) is 0 Å². The van der Waals surface area contributed by atoms with Gasteiger partial charge in [-0.05, 0) is 29.6 Å². The van der Waals surface area contributed by atoms with Gasteiger partial charge in [0.2, 0.25) is 0 Å². The van der Waals surface area contributed by atoms with Crippen LogP contribution in [0.15, 0.2) is 35.7 Å². The summed E-state index contributed by atoms with van der Waals surface area (Å²) in [5.41, 5.74) is 2.37. The van der Waals surface area contributed by atoms with Gasteiger partial charge in [-0.3, -0.25) is 0 Å². The molecule has 0 fully saturated rings. The molecule has 0 unspecified atom stereocenters. The zero-order chi connectivity index (χ0) is 13.7. The van der Waals surface area contributed by atoms with E-state index in [1.807, 2.05) is 12.1 Å². The Balaban J connectivity index is 2.21. The van der Waals surface area contributed by atoms with Crippen LogP contribution in [0.1, 0.15) is 17.4 Å². The number of nitrogens with one attached hydrogen (secondary N) is 1. The van der Waals surface area contributed by atoms with Crippen molar-refractivity contribution in [1.82, 2.24) is 5.32 Å². The Morgan fingerprint density at radius 3 is 2.79 bits per heavy atom. The van der Waals surface area contributed by atoms with E-state index in [1.165, 1.54) is 10.4 Å². The molecule has 1 heterocycles. The standard InChI is InChI=1S/C15H19ClN2S/c1-3-17-10-12-6-4-8-14(16)15(12)18(2)11-13-7-5-9-19-13/h4-9,17H,3,10-11H2,1-2H3. The molecule has 2 nitrogen and oxygen atoms in total. The van der Waals surface area contributed by atoms with Crippen molar-refractivity contribution in [1.29, 1.82) is 0 Å². The molecule has 1 aromatic carbocycles. The zero-order valence-electron chi connectivity index (χ0n) is 11.3. The van der Waals surface area contributed by atoms with Crippen LogP contribution in [0.2, 0.25) is 5.02 Å². The van der Waals surface area contributed by atoms with Gasteiger partial charge in [-0.15, -0.1) is 11.3 Å². The summed E-state index contributed by atoms with van der Waals surface area (Å²) in [4.78, 5) is 3.57.